The van der Waals surface area contributed by atoms with Gasteiger partial charge >= 0.3 is 0 Å². The zero-order chi connectivity index (χ0) is 25.4. The first-order valence-electron chi connectivity index (χ1n) is 12.9. The number of hydrogen-bond donors (Lipinski definition) is 1. The zero-order valence-electron chi connectivity index (χ0n) is 21.0. The predicted molar refractivity (Wildman–Crippen MR) is 139 cm³/mol. The maximum atomic E-state index is 13.5. The van der Waals surface area contributed by atoms with Gasteiger partial charge in [0.2, 0.25) is 0 Å². The first-order valence-corrected chi connectivity index (χ1v) is 12.9. The van der Waals surface area contributed by atoms with Crippen molar-refractivity contribution in [2.75, 3.05) is 18.4 Å². The van der Waals surface area contributed by atoms with Crippen molar-refractivity contribution in [2.45, 2.75) is 44.1 Å². The molecule has 37 heavy (non-hydrogen) atoms. The molecule has 2 fully saturated rings. The molecule has 188 valence electrons. The quantitative estimate of drug-likeness (QED) is 0.418. The summed E-state index contributed by atoms with van der Waals surface area (Å²) in [6.45, 7) is 3.02. The molecule has 9 heteroatoms. The van der Waals surface area contributed by atoms with E-state index in [1.807, 2.05) is 46.5 Å². The molecule has 1 aromatic carbocycles. The number of nitriles is 1. The van der Waals surface area contributed by atoms with Gasteiger partial charge in [0.25, 0.3) is 5.91 Å². The number of benzene rings is 1. The molecule has 1 aliphatic carbocycles. The van der Waals surface area contributed by atoms with E-state index in [9.17, 15) is 10.1 Å². The number of amides is 1. The fourth-order valence-corrected chi connectivity index (χ4v) is 6.10. The lowest BCUT2D eigenvalue weighted by Gasteiger charge is -2.46. The number of nitrogens with one attached hydrogen (secondary N) is 1. The smallest absolute Gasteiger partial charge is 0.259 e. The van der Waals surface area contributed by atoms with Gasteiger partial charge in [0.15, 0.2) is 0 Å². The summed E-state index contributed by atoms with van der Waals surface area (Å²) in [6, 6.07) is 12.3. The largest absolute Gasteiger partial charge is 0.322 e. The molecule has 0 spiro atoms. The molecule has 0 atom stereocenters. The summed E-state index contributed by atoms with van der Waals surface area (Å²) in [7, 11) is 1.95. The van der Waals surface area contributed by atoms with E-state index in [2.05, 4.69) is 43.7 Å². The van der Waals surface area contributed by atoms with Crippen LogP contribution >= 0.6 is 0 Å². The second kappa shape index (κ2) is 9.45. The number of carbonyl (C=O) groups is 1. The highest BCUT2D eigenvalue weighted by Gasteiger charge is 2.49. The Morgan fingerprint density at radius 2 is 2.08 bits per heavy atom. The number of aryl methyl sites for hydroxylation is 1. The number of aromatic nitrogens is 5. The Morgan fingerprint density at radius 3 is 2.84 bits per heavy atom. The Hall–Kier alpha value is -4.03. The number of hydrogen-bond acceptors (Lipinski definition) is 6. The van der Waals surface area contributed by atoms with Crippen LogP contribution in [0, 0.1) is 17.2 Å². The lowest BCUT2D eigenvalue weighted by Crippen LogP contribution is -2.44. The minimum Gasteiger partial charge on any atom is -0.322 e. The van der Waals surface area contributed by atoms with Gasteiger partial charge in [0.05, 0.1) is 17.0 Å². The Balaban J connectivity index is 1.29. The standard InChI is InChI=1S/C28H30N8O/c1-34-19-31-33-27(34)28(15-20(16-28)7-8-29)22-5-4-6-23(14-22)32-26(37)24-13-21(17-35-10-2-3-11-35)18-36-12-9-30-25(24)36/h4-6,9,12-14,18-20H,2-3,7,10-11,15-17H2,1H3,(H,32,37). The van der Waals surface area contributed by atoms with Gasteiger partial charge in [0, 0.05) is 44.3 Å². The molecular weight excluding hydrogens is 464 g/mol. The number of carbonyl (C=O) groups excluding carboxylic acids is 1. The normalized spacial score (nSPS) is 21.6. The van der Waals surface area contributed by atoms with E-state index < -0.39 is 0 Å². The number of likely N-dealkylation sites (tertiary alicyclic amines) is 1. The van der Waals surface area contributed by atoms with Gasteiger partial charge in [-0.2, -0.15) is 5.26 Å². The first kappa shape index (κ1) is 23.4. The number of nitrogens with zero attached hydrogens (tertiary/aromatic N) is 7. The highest BCUT2D eigenvalue weighted by atomic mass is 16.1. The maximum absolute atomic E-state index is 13.5. The van der Waals surface area contributed by atoms with Gasteiger partial charge in [-0.1, -0.05) is 12.1 Å². The van der Waals surface area contributed by atoms with E-state index in [0.29, 0.717) is 23.5 Å². The fraction of sp³-hybridized carbons (Fsp3) is 0.393. The lowest BCUT2D eigenvalue weighted by atomic mass is 9.57. The maximum Gasteiger partial charge on any atom is 0.259 e. The summed E-state index contributed by atoms with van der Waals surface area (Å²) in [5.74, 6) is 1.03. The molecular formula is C28H30N8O. The number of anilines is 1. The van der Waals surface area contributed by atoms with Gasteiger partial charge in [-0.15, -0.1) is 10.2 Å². The number of imidazole rings is 1. The SMILES string of the molecule is Cn1cnnc1C1(c2cccc(NC(=O)c3cc(CN4CCCC4)cn4ccnc34)c2)CC(CC#N)C1. The van der Waals surface area contributed by atoms with E-state index >= 15 is 0 Å². The number of rotatable bonds is 7. The van der Waals surface area contributed by atoms with Crippen LogP contribution in [-0.2, 0) is 19.0 Å². The Kier molecular flexibility index (Phi) is 5.97. The second-order valence-corrected chi connectivity index (χ2v) is 10.4. The van der Waals surface area contributed by atoms with E-state index in [-0.39, 0.29) is 11.3 Å². The summed E-state index contributed by atoms with van der Waals surface area (Å²) in [5, 5.41) is 20.9. The van der Waals surface area contributed by atoms with Crippen LogP contribution in [-0.4, -0.2) is 48.0 Å². The number of pyridine rings is 1. The first-order chi connectivity index (χ1) is 18.1. The van der Waals surface area contributed by atoms with Gasteiger partial charge in [0.1, 0.15) is 17.8 Å². The molecule has 4 aromatic rings. The second-order valence-electron chi connectivity index (χ2n) is 10.4. The van der Waals surface area contributed by atoms with Crippen molar-refractivity contribution in [3.8, 4) is 6.07 Å². The summed E-state index contributed by atoms with van der Waals surface area (Å²) in [4.78, 5) is 20.4. The van der Waals surface area contributed by atoms with Crippen LogP contribution in [0.1, 0.15) is 59.4 Å². The molecule has 1 aliphatic heterocycles. The van der Waals surface area contributed by atoms with Crippen LogP contribution in [0.15, 0.2) is 55.2 Å². The minimum absolute atomic E-state index is 0.180. The molecule has 0 bridgehead atoms. The van der Waals surface area contributed by atoms with Gasteiger partial charge < -0.3 is 14.3 Å². The topological polar surface area (TPSA) is 104 Å². The third-order valence-electron chi connectivity index (χ3n) is 7.86. The fourth-order valence-electron chi connectivity index (χ4n) is 6.10. The summed E-state index contributed by atoms with van der Waals surface area (Å²) in [5.41, 5.74) is 3.79. The Labute approximate surface area is 215 Å². The van der Waals surface area contributed by atoms with Crippen LogP contribution in [0.3, 0.4) is 0 Å². The van der Waals surface area contributed by atoms with Crippen LogP contribution in [0.4, 0.5) is 5.69 Å². The molecule has 6 rings (SSSR count). The van der Waals surface area contributed by atoms with E-state index in [4.69, 9.17) is 0 Å². The van der Waals surface area contributed by atoms with Crippen molar-refractivity contribution < 1.29 is 4.79 Å². The van der Waals surface area contributed by atoms with E-state index in [1.165, 1.54) is 12.8 Å². The van der Waals surface area contributed by atoms with Crippen molar-refractivity contribution in [1.82, 2.24) is 29.0 Å². The summed E-state index contributed by atoms with van der Waals surface area (Å²) in [6.07, 6.45) is 12.0. The molecule has 4 heterocycles. The van der Waals surface area contributed by atoms with Crippen LogP contribution in [0.5, 0.6) is 0 Å². The van der Waals surface area contributed by atoms with Gasteiger partial charge in [-0.25, -0.2) is 4.98 Å². The highest BCUT2D eigenvalue weighted by Crippen LogP contribution is 2.53. The van der Waals surface area contributed by atoms with Crippen molar-refractivity contribution in [1.29, 1.82) is 5.26 Å². The summed E-state index contributed by atoms with van der Waals surface area (Å²) >= 11 is 0. The van der Waals surface area contributed by atoms with Crippen LogP contribution in [0.2, 0.25) is 0 Å². The Bertz CT molecular complexity index is 1480. The minimum atomic E-state index is -0.320. The van der Waals surface area contributed by atoms with E-state index in [1.54, 1.807) is 12.5 Å². The monoisotopic (exact) mass is 494 g/mol. The molecule has 0 unspecified atom stereocenters. The Morgan fingerprint density at radius 1 is 1.24 bits per heavy atom. The molecule has 0 radical (unpaired) electrons. The average molecular weight is 495 g/mol. The molecule has 1 N–H and O–H groups in total. The molecule has 1 saturated carbocycles. The third kappa shape index (κ3) is 4.27. The van der Waals surface area contributed by atoms with Crippen molar-refractivity contribution in [3.63, 3.8) is 0 Å². The zero-order valence-corrected chi connectivity index (χ0v) is 21.0. The highest BCUT2D eigenvalue weighted by molar-refractivity contribution is 6.08. The molecule has 1 amide bonds. The van der Waals surface area contributed by atoms with E-state index in [0.717, 1.165) is 55.1 Å². The summed E-state index contributed by atoms with van der Waals surface area (Å²) < 4.78 is 3.89. The number of fused-ring (bicyclic) bond motifs is 1. The van der Waals surface area contributed by atoms with Crippen LogP contribution in [0.25, 0.3) is 5.65 Å². The average Bonchev–Trinajstić information content (AvgIpc) is 3.64. The predicted octanol–water partition coefficient (Wildman–Crippen LogP) is 3.92. The molecule has 2 aliphatic rings. The van der Waals surface area contributed by atoms with Crippen molar-refractivity contribution in [2.24, 2.45) is 13.0 Å². The third-order valence-corrected chi connectivity index (χ3v) is 7.86. The van der Waals surface area contributed by atoms with Gasteiger partial charge in [-0.05, 0) is 74.0 Å². The van der Waals surface area contributed by atoms with Crippen molar-refractivity contribution in [3.05, 3.63) is 77.8 Å². The molecule has 1 saturated heterocycles. The molecule has 9 nitrogen and oxygen atoms in total. The molecule has 3 aromatic heterocycles. The van der Waals surface area contributed by atoms with Crippen molar-refractivity contribution >= 4 is 17.2 Å². The van der Waals surface area contributed by atoms with Crippen LogP contribution < -0.4 is 5.32 Å². The van der Waals surface area contributed by atoms with Gasteiger partial charge in [-0.3, -0.25) is 9.69 Å². The lowest BCUT2D eigenvalue weighted by molar-refractivity contribution is 0.102.